The predicted molar refractivity (Wildman–Crippen MR) is 92.5 cm³/mol. The Balaban J connectivity index is 1.90. The number of methoxy groups -OCH3 is 1. The van der Waals surface area contributed by atoms with Gasteiger partial charge in [-0.05, 0) is 43.7 Å². The van der Waals surface area contributed by atoms with Crippen LogP contribution in [0.1, 0.15) is 19.4 Å². The van der Waals surface area contributed by atoms with Gasteiger partial charge in [0.25, 0.3) is 5.91 Å². The van der Waals surface area contributed by atoms with E-state index < -0.39 is 6.10 Å². The average Bonchev–Trinajstić information content (AvgIpc) is 2.62. The summed E-state index contributed by atoms with van der Waals surface area (Å²) in [6.07, 6.45) is -0.621. The summed E-state index contributed by atoms with van der Waals surface area (Å²) in [5.74, 6) is 1.80. The molecule has 0 radical (unpaired) electrons. The number of nitrogens with one attached hydrogen (secondary N) is 1. The fraction of sp³-hybridized carbons (Fsp3) is 0.316. The third-order valence-electron chi connectivity index (χ3n) is 3.45. The first-order chi connectivity index (χ1) is 11.6. The van der Waals surface area contributed by atoms with Gasteiger partial charge in [0.1, 0.15) is 5.75 Å². The van der Waals surface area contributed by atoms with Gasteiger partial charge in [0, 0.05) is 6.54 Å². The summed E-state index contributed by atoms with van der Waals surface area (Å²) >= 11 is 0. The third-order valence-corrected chi connectivity index (χ3v) is 3.45. The summed E-state index contributed by atoms with van der Waals surface area (Å²) in [6.45, 7) is 4.59. The molecule has 2 rings (SSSR count). The van der Waals surface area contributed by atoms with Gasteiger partial charge in [0.05, 0.1) is 13.7 Å². The standard InChI is InChI=1S/C19H23NO4/c1-4-23-17-7-5-6-8-18(17)24-14(2)19(21)20-13-15-9-11-16(22-3)12-10-15/h5-12,14H,4,13H2,1-3H3,(H,20,21). The lowest BCUT2D eigenvalue weighted by Crippen LogP contribution is -2.35. The number of hydrogen-bond acceptors (Lipinski definition) is 4. The lowest BCUT2D eigenvalue weighted by atomic mass is 10.2. The quantitative estimate of drug-likeness (QED) is 0.808. The molecule has 0 saturated carbocycles. The van der Waals surface area contributed by atoms with Gasteiger partial charge in [0.2, 0.25) is 0 Å². The number of amides is 1. The van der Waals surface area contributed by atoms with Gasteiger partial charge in [-0.15, -0.1) is 0 Å². The monoisotopic (exact) mass is 329 g/mol. The maximum Gasteiger partial charge on any atom is 0.261 e. The number of hydrogen-bond donors (Lipinski definition) is 1. The summed E-state index contributed by atoms with van der Waals surface area (Å²) in [6, 6.07) is 14.9. The summed E-state index contributed by atoms with van der Waals surface area (Å²) in [5.41, 5.74) is 0.992. The Morgan fingerprint density at radius 2 is 1.75 bits per heavy atom. The van der Waals surface area contributed by atoms with Crippen molar-refractivity contribution in [3.05, 3.63) is 54.1 Å². The molecule has 128 valence electrons. The molecule has 0 aliphatic rings. The molecular weight excluding hydrogens is 306 g/mol. The van der Waals surface area contributed by atoms with Gasteiger partial charge in [-0.25, -0.2) is 0 Å². The molecule has 1 amide bonds. The van der Waals surface area contributed by atoms with Crippen LogP contribution in [0.15, 0.2) is 48.5 Å². The van der Waals surface area contributed by atoms with Crippen LogP contribution in [-0.4, -0.2) is 25.7 Å². The number of para-hydroxylation sites is 2. The number of rotatable bonds is 8. The van der Waals surface area contributed by atoms with E-state index in [-0.39, 0.29) is 5.91 Å². The molecule has 0 spiro atoms. The molecule has 5 heteroatoms. The van der Waals surface area contributed by atoms with Crippen LogP contribution in [0.5, 0.6) is 17.2 Å². The second-order valence-electron chi connectivity index (χ2n) is 5.21. The first-order valence-electron chi connectivity index (χ1n) is 7.93. The van der Waals surface area contributed by atoms with Crippen LogP contribution in [0.4, 0.5) is 0 Å². The fourth-order valence-electron chi connectivity index (χ4n) is 2.14. The molecule has 2 aromatic carbocycles. The SMILES string of the molecule is CCOc1ccccc1OC(C)C(=O)NCc1ccc(OC)cc1. The van der Waals surface area contributed by atoms with Crippen molar-refractivity contribution in [3.8, 4) is 17.2 Å². The molecule has 0 aromatic heterocycles. The van der Waals surface area contributed by atoms with Crippen molar-refractivity contribution in [2.75, 3.05) is 13.7 Å². The number of benzene rings is 2. The van der Waals surface area contributed by atoms with Crippen molar-refractivity contribution in [2.24, 2.45) is 0 Å². The van der Waals surface area contributed by atoms with E-state index in [0.717, 1.165) is 11.3 Å². The van der Waals surface area contributed by atoms with E-state index in [9.17, 15) is 4.79 Å². The van der Waals surface area contributed by atoms with Gasteiger partial charge >= 0.3 is 0 Å². The lowest BCUT2D eigenvalue weighted by molar-refractivity contribution is -0.127. The molecule has 0 fully saturated rings. The molecule has 1 unspecified atom stereocenters. The normalized spacial score (nSPS) is 11.5. The molecule has 2 aromatic rings. The van der Waals surface area contributed by atoms with Crippen molar-refractivity contribution in [2.45, 2.75) is 26.5 Å². The van der Waals surface area contributed by atoms with Crippen LogP contribution in [0.25, 0.3) is 0 Å². The highest BCUT2D eigenvalue weighted by Gasteiger charge is 2.16. The largest absolute Gasteiger partial charge is 0.497 e. The zero-order chi connectivity index (χ0) is 17.4. The van der Waals surface area contributed by atoms with Gasteiger partial charge < -0.3 is 19.5 Å². The van der Waals surface area contributed by atoms with Crippen LogP contribution in [-0.2, 0) is 11.3 Å². The number of ether oxygens (including phenoxy) is 3. The smallest absolute Gasteiger partial charge is 0.261 e. The highest BCUT2D eigenvalue weighted by molar-refractivity contribution is 5.80. The third kappa shape index (κ3) is 4.91. The average molecular weight is 329 g/mol. The molecule has 0 heterocycles. The summed E-state index contributed by atoms with van der Waals surface area (Å²) in [7, 11) is 1.62. The zero-order valence-corrected chi connectivity index (χ0v) is 14.2. The Hall–Kier alpha value is -2.69. The molecule has 5 nitrogen and oxygen atoms in total. The molecule has 0 saturated heterocycles. The van der Waals surface area contributed by atoms with Crippen LogP contribution >= 0.6 is 0 Å². The van der Waals surface area contributed by atoms with Gasteiger partial charge in [-0.2, -0.15) is 0 Å². The lowest BCUT2D eigenvalue weighted by Gasteiger charge is -2.17. The van der Waals surface area contributed by atoms with E-state index in [0.29, 0.717) is 24.7 Å². The topological polar surface area (TPSA) is 56.8 Å². The van der Waals surface area contributed by atoms with Gasteiger partial charge in [-0.1, -0.05) is 24.3 Å². The van der Waals surface area contributed by atoms with E-state index in [4.69, 9.17) is 14.2 Å². The van der Waals surface area contributed by atoms with Crippen molar-refractivity contribution in [3.63, 3.8) is 0 Å². The first-order valence-corrected chi connectivity index (χ1v) is 7.93. The molecule has 0 aliphatic heterocycles. The highest BCUT2D eigenvalue weighted by atomic mass is 16.5. The highest BCUT2D eigenvalue weighted by Crippen LogP contribution is 2.27. The minimum atomic E-state index is -0.621. The first kappa shape index (κ1) is 17.7. The Morgan fingerprint density at radius 3 is 2.38 bits per heavy atom. The van der Waals surface area contributed by atoms with Gasteiger partial charge in [-0.3, -0.25) is 4.79 Å². The summed E-state index contributed by atoms with van der Waals surface area (Å²) in [5, 5.41) is 2.86. The maximum absolute atomic E-state index is 12.2. The van der Waals surface area contributed by atoms with Crippen molar-refractivity contribution in [1.29, 1.82) is 0 Å². The Bertz CT molecular complexity index is 655. The Labute approximate surface area is 142 Å². The van der Waals surface area contributed by atoms with Gasteiger partial charge in [0.15, 0.2) is 17.6 Å². The van der Waals surface area contributed by atoms with Crippen LogP contribution in [0.3, 0.4) is 0 Å². The minimum Gasteiger partial charge on any atom is -0.497 e. The van der Waals surface area contributed by atoms with E-state index in [1.165, 1.54) is 0 Å². The van der Waals surface area contributed by atoms with Crippen LogP contribution in [0, 0.1) is 0 Å². The molecule has 0 aliphatic carbocycles. The Kier molecular flexibility index (Phi) is 6.49. The molecule has 1 N–H and O–H groups in total. The fourth-order valence-corrected chi connectivity index (χ4v) is 2.14. The van der Waals surface area contributed by atoms with E-state index in [2.05, 4.69) is 5.32 Å². The Morgan fingerprint density at radius 1 is 1.08 bits per heavy atom. The maximum atomic E-state index is 12.2. The zero-order valence-electron chi connectivity index (χ0n) is 14.2. The van der Waals surface area contributed by atoms with Crippen molar-refractivity contribution in [1.82, 2.24) is 5.32 Å². The van der Waals surface area contributed by atoms with E-state index in [1.807, 2.05) is 49.4 Å². The summed E-state index contributed by atoms with van der Waals surface area (Å²) in [4.78, 5) is 12.2. The van der Waals surface area contributed by atoms with Crippen LogP contribution < -0.4 is 19.5 Å². The number of carbonyl (C=O) groups excluding carboxylic acids is 1. The van der Waals surface area contributed by atoms with Crippen molar-refractivity contribution < 1.29 is 19.0 Å². The number of carbonyl (C=O) groups is 1. The molecule has 1 atom stereocenters. The summed E-state index contributed by atoms with van der Waals surface area (Å²) < 4.78 is 16.3. The van der Waals surface area contributed by atoms with E-state index in [1.54, 1.807) is 20.1 Å². The molecular formula is C19H23NO4. The molecule has 0 bridgehead atoms. The second kappa shape index (κ2) is 8.82. The second-order valence-corrected chi connectivity index (χ2v) is 5.21. The minimum absolute atomic E-state index is 0.183. The van der Waals surface area contributed by atoms with Crippen LogP contribution in [0.2, 0.25) is 0 Å². The van der Waals surface area contributed by atoms with E-state index >= 15 is 0 Å². The molecule has 24 heavy (non-hydrogen) atoms. The van der Waals surface area contributed by atoms with Crippen molar-refractivity contribution >= 4 is 5.91 Å². The predicted octanol–water partition coefficient (Wildman–Crippen LogP) is 3.18.